The highest BCUT2D eigenvalue weighted by Gasteiger charge is 2.21. The summed E-state index contributed by atoms with van der Waals surface area (Å²) in [6, 6.07) is 4.87. The Morgan fingerprint density at radius 1 is 1.09 bits per heavy atom. The second-order valence-electron chi connectivity index (χ2n) is 7.57. The van der Waals surface area contributed by atoms with E-state index < -0.39 is 4.92 Å². The lowest BCUT2D eigenvalue weighted by Gasteiger charge is -2.20. The van der Waals surface area contributed by atoms with Crippen molar-refractivity contribution in [1.82, 2.24) is 15.0 Å². The van der Waals surface area contributed by atoms with Crippen molar-refractivity contribution in [2.45, 2.75) is 30.6 Å². The van der Waals surface area contributed by atoms with Crippen LogP contribution in [0.15, 0.2) is 28.2 Å². The van der Waals surface area contributed by atoms with Gasteiger partial charge in [-0.25, -0.2) is 5.43 Å². The van der Waals surface area contributed by atoms with Crippen LogP contribution in [0.4, 0.5) is 23.5 Å². The monoisotopic (exact) mass is 458 g/mol. The molecule has 0 aliphatic carbocycles. The van der Waals surface area contributed by atoms with Gasteiger partial charge in [0.25, 0.3) is 5.69 Å². The SMILES string of the molecule is O=[N+]([O-])c1cc(C=NNc2nc(N3CCCC3)nc(N3CCCC3)n2)ccc1SCCO. The third-order valence-electron chi connectivity index (χ3n) is 5.30. The van der Waals surface area contributed by atoms with Crippen LogP contribution in [0.3, 0.4) is 0 Å². The van der Waals surface area contributed by atoms with E-state index in [9.17, 15) is 10.1 Å². The molecule has 11 nitrogen and oxygen atoms in total. The number of rotatable bonds is 9. The molecule has 4 rings (SSSR count). The van der Waals surface area contributed by atoms with Crippen LogP contribution in [-0.2, 0) is 0 Å². The van der Waals surface area contributed by atoms with Gasteiger partial charge in [0.1, 0.15) is 0 Å². The van der Waals surface area contributed by atoms with E-state index in [0.29, 0.717) is 34.1 Å². The van der Waals surface area contributed by atoms with Gasteiger partial charge in [0.05, 0.1) is 22.6 Å². The van der Waals surface area contributed by atoms with Gasteiger partial charge in [-0.2, -0.15) is 20.1 Å². The highest BCUT2D eigenvalue weighted by molar-refractivity contribution is 7.99. The number of hydrazone groups is 1. The number of hydrogen-bond acceptors (Lipinski definition) is 11. The number of nitrogens with zero attached hydrogens (tertiary/aromatic N) is 7. The lowest BCUT2D eigenvalue weighted by Crippen LogP contribution is -2.25. The molecule has 32 heavy (non-hydrogen) atoms. The number of nitro benzene ring substituents is 1. The molecule has 170 valence electrons. The fraction of sp³-hybridized carbons (Fsp3) is 0.500. The Bertz CT molecular complexity index is 943. The average molecular weight is 459 g/mol. The van der Waals surface area contributed by atoms with E-state index in [2.05, 4.69) is 35.3 Å². The molecule has 0 bridgehead atoms. The maximum absolute atomic E-state index is 11.4. The Morgan fingerprint density at radius 2 is 1.72 bits per heavy atom. The Kier molecular flexibility index (Phi) is 7.32. The zero-order valence-electron chi connectivity index (χ0n) is 17.7. The number of benzene rings is 1. The van der Waals surface area contributed by atoms with E-state index >= 15 is 0 Å². The highest BCUT2D eigenvalue weighted by Crippen LogP contribution is 2.29. The first-order valence-electron chi connectivity index (χ1n) is 10.7. The molecule has 1 aromatic carbocycles. The van der Waals surface area contributed by atoms with Gasteiger partial charge < -0.3 is 14.9 Å². The number of aliphatic hydroxyl groups excluding tert-OH is 1. The van der Waals surface area contributed by atoms with Crippen LogP contribution < -0.4 is 15.2 Å². The summed E-state index contributed by atoms with van der Waals surface area (Å²) in [6.07, 6.45) is 5.99. The third kappa shape index (κ3) is 5.43. The molecule has 1 aromatic heterocycles. The number of hydrogen-bond donors (Lipinski definition) is 2. The van der Waals surface area contributed by atoms with E-state index in [1.54, 1.807) is 12.1 Å². The van der Waals surface area contributed by atoms with Gasteiger partial charge in [0.2, 0.25) is 17.8 Å². The summed E-state index contributed by atoms with van der Waals surface area (Å²) in [5.74, 6) is 2.05. The minimum Gasteiger partial charge on any atom is -0.396 e. The van der Waals surface area contributed by atoms with Crippen LogP contribution in [0.25, 0.3) is 0 Å². The number of aromatic nitrogens is 3. The van der Waals surface area contributed by atoms with Gasteiger partial charge in [-0.15, -0.1) is 11.8 Å². The molecule has 2 aliphatic heterocycles. The van der Waals surface area contributed by atoms with Crippen LogP contribution in [-0.4, -0.2) is 69.7 Å². The summed E-state index contributed by atoms with van der Waals surface area (Å²) < 4.78 is 0. The van der Waals surface area contributed by atoms with Crippen molar-refractivity contribution in [3.05, 3.63) is 33.9 Å². The number of aliphatic hydroxyl groups is 1. The summed E-state index contributed by atoms with van der Waals surface area (Å²) in [7, 11) is 0. The number of anilines is 3. The molecule has 12 heteroatoms. The van der Waals surface area contributed by atoms with Crippen LogP contribution in [0.1, 0.15) is 31.2 Å². The maximum Gasteiger partial charge on any atom is 0.283 e. The average Bonchev–Trinajstić information content (AvgIpc) is 3.52. The summed E-state index contributed by atoms with van der Waals surface area (Å²) in [5.41, 5.74) is 3.43. The third-order valence-corrected chi connectivity index (χ3v) is 6.34. The molecule has 2 N–H and O–H groups in total. The Labute approximate surface area is 190 Å². The number of thioether (sulfide) groups is 1. The lowest BCUT2D eigenvalue weighted by atomic mass is 10.2. The normalized spacial score (nSPS) is 16.3. The minimum absolute atomic E-state index is 0.0137. The van der Waals surface area contributed by atoms with Crippen molar-refractivity contribution in [1.29, 1.82) is 0 Å². The zero-order chi connectivity index (χ0) is 22.3. The number of nitro groups is 1. The molecule has 2 aromatic rings. The van der Waals surface area contributed by atoms with Crippen molar-refractivity contribution < 1.29 is 10.0 Å². The van der Waals surface area contributed by atoms with E-state index in [4.69, 9.17) is 5.11 Å². The predicted molar refractivity (Wildman–Crippen MR) is 125 cm³/mol. The van der Waals surface area contributed by atoms with Crippen molar-refractivity contribution in [3.63, 3.8) is 0 Å². The Balaban J connectivity index is 1.52. The van der Waals surface area contributed by atoms with Gasteiger partial charge >= 0.3 is 0 Å². The van der Waals surface area contributed by atoms with Gasteiger partial charge in [0, 0.05) is 43.6 Å². The van der Waals surface area contributed by atoms with Crippen LogP contribution in [0.5, 0.6) is 0 Å². The molecule has 2 saturated heterocycles. The second-order valence-corrected chi connectivity index (χ2v) is 8.71. The largest absolute Gasteiger partial charge is 0.396 e. The van der Waals surface area contributed by atoms with Crippen molar-refractivity contribution in [2.24, 2.45) is 5.10 Å². The quantitative estimate of drug-likeness (QED) is 0.250. The van der Waals surface area contributed by atoms with Crippen LogP contribution in [0.2, 0.25) is 0 Å². The molecule has 0 saturated carbocycles. The zero-order valence-corrected chi connectivity index (χ0v) is 18.5. The first kappa shape index (κ1) is 22.2. The van der Waals surface area contributed by atoms with E-state index in [0.717, 1.165) is 51.9 Å². The molecule has 0 unspecified atom stereocenters. The van der Waals surface area contributed by atoms with E-state index in [1.165, 1.54) is 24.0 Å². The first-order valence-corrected chi connectivity index (χ1v) is 11.7. The van der Waals surface area contributed by atoms with Crippen molar-refractivity contribution in [2.75, 3.05) is 53.8 Å². The Hall–Kier alpha value is -2.99. The molecule has 2 aliphatic rings. The van der Waals surface area contributed by atoms with E-state index in [1.807, 2.05) is 0 Å². The fourth-order valence-electron chi connectivity index (χ4n) is 3.72. The predicted octanol–water partition coefficient (Wildman–Crippen LogP) is 2.51. The fourth-order valence-corrected chi connectivity index (χ4v) is 4.48. The molecular weight excluding hydrogens is 432 g/mol. The first-order chi connectivity index (χ1) is 15.6. The second kappa shape index (κ2) is 10.6. The molecule has 2 fully saturated rings. The molecule has 0 spiro atoms. The Morgan fingerprint density at radius 3 is 2.28 bits per heavy atom. The molecule has 0 atom stereocenters. The minimum atomic E-state index is -0.429. The summed E-state index contributed by atoms with van der Waals surface area (Å²) >= 11 is 1.24. The standard InChI is InChI=1S/C20H26N8O3S/c29-11-12-32-17-6-5-15(13-16(17)28(30)31)14-21-25-18-22-19(26-7-1-2-8-26)24-20(23-18)27-9-3-4-10-27/h5-6,13-14,29H,1-4,7-12H2,(H,22,23,24,25). The summed E-state index contributed by atoms with van der Waals surface area (Å²) in [4.78, 5) is 29.5. The van der Waals surface area contributed by atoms with E-state index in [-0.39, 0.29) is 12.3 Å². The maximum atomic E-state index is 11.4. The van der Waals surface area contributed by atoms with Gasteiger partial charge in [-0.05, 0) is 31.7 Å². The highest BCUT2D eigenvalue weighted by atomic mass is 32.2. The number of nitrogens with one attached hydrogen (secondary N) is 1. The molecular formula is C20H26N8O3S. The van der Waals surface area contributed by atoms with Gasteiger partial charge in [-0.3, -0.25) is 10.1 Å². The van der Waals surface area contributed by atoms with Crippen LogP contribution >= 0.6 is 11.8 Å². The smallest absolute Gasteiger partial charge is 0.283 e. The topological polar surface area (TPSA) is 133 Å². The summed E-state index contributed by atoms with van der Waals surface area (Å²) in [6.45, 7) is 3.67. The van der Waals surface area contributed by atoms with Crippen molar-refractivity contribution >= 4 is 41.5 Å². The molecule has 0 amide bonds. The van der Waals surface area contributed by atoms with Gasteiger partial charge in [0.15, 0.2) is 0 Å². The van der Waals surface area contributed by atoms with Crippen molar-refractivity contribution in [3.8, 4) is 0 Å². The lowest BCUT2D eigenvalue weighted by molar-refractivity contribution is -0.387. The van der Waals surface area contributed by atoms with Gasteiger partial charge in [-0.1, -0.05) is 6.07 Å². The molecule has 0 radical (unpaired) electrons. The molecule has 3 heterocycles. The summed E-state index contributed by atoms with van der Waals surface area (Å²) in [5, 5.41) is 24.6. The van der Waals surface area contributed by atoms with Crippen LogP contribution in [0, 0.1) is 10.1 Å².